The van der Waals surface area contributed by atoms with E-state index in [1.807, 2.05) is 12.2 Å². The molecule has 0 heterocycles. The molecule has 28 heavy (non-hydrogen) atoms. The fourth-order valence-electron chi connectivity index (χ4n) is 4.53. The third-order valence-corrected chi connectivity index (χ3v) is 6.84. The molecule has 0 fully saturated rings. The van der Waals surface area contributed by atoms with Crippen LogP contribution in [0.1, 0.15) is 117 Å². The maximum atomic E-state index is 11.9. The lowest BCUT2D eigenvalue weighted by Gasteiger charge is -2.38. The van der Waals surface area contributed by atoms with Gasteiger partial charge in [-0.15, -0.1) is 0 Å². The Morgan fingerprint density at radius 1 is 0.857 bits per heavy atom. The normalized spacial score (nSPS) is 22.5. The van der Waals surface area contributed by atoms with Crippen LogP contribution in [0.15, 0.2) is 24.3 Å². The largest absolute Gasteiger partial charge is 0.481 e. The summed E-state index contributed by atoms with van der Waals surface area (Å²) in [5, 5.41) is 9.75. The van der Waals surface area contributed by atoms with Crippen molar-refractivity contribution < 1.29 is 9.90 Å². The monoisotopic (exact) mass is 390 g/mol. The lowest BCUT2D eigenvalue weighted by molar-refractivity contribution is -0.146. The number of carboxylic acid groups (broad SMARTS) is 1. The number of unbranched alkanes of at least 4 members (excludes halogenated alkanes) is 13. The van der Waals surface area contributed by atoms with E-state index in [9.17, 15) is 9.90 Å². The van der Waals surface area contributed by atoms with Crippen molar-refractivity contribution in [1.29, 1.82) is 0 Å². The summed E-state index contributed by atoms with van der Waals surface area (Å²) in [4.78, 5) is 11.9. The lowest BCUT2D eigenvalue weighted by Crippen LogP contribution is -2.37. The van der Waals surface area contributed by atoms with Gasteiger partial charge in [0.25, 0.3) is 0 Å². The lowest BCUT2D eigenvalue weighted by atomic mass is 9.65. The first-order valence-electron chi connectivity index (χ1n) is 12.1. The molecule has 3 unspecified atom stereocenters. The van der Waals surface area contributed by atoms with E-state index in [2.05, 4.69) is 32.9 Å². The maximum Gasteiger partial charge on any atom is 0.307 e. The van der Waals surface area contributed by atoms with Gasteiger partial charge in [-0.3, -0.25) is 4.79 Å². The third kappa shape index (κ3) is 9.43. The highest BCUT2D eigenvalue weighted by Gasteiger charge is 2.40. The first-order valence-corrected chi connectivity index (χ1v) is 12.1. The molecule has 2 heteroatoms. The Balaban J connectivity index is 2.04. The minimum absolute atomic E-state index is 0.253. The molecule has 0 aromatic carbocycles. The summed E-state index contributed by atoms with van der Waals surface area (Å²) in [5.74, 6) is -0.629. The number of rotatable bonds is 17. The molecule has 2 nitrogen and oxygen atoms in total. The smallest absolute Gasteiger partial charge is 0.307 e. The van der Waals surface area contributed by atoms with Crippen molar-refractivity contribution in [3.8, 4) is 0 Å². The highest BCUT2D eigenvalue weighted by Crippen LogP contribution is 2.42. The second-order valence-electron chi connectivity index (χ2n) is 9.17. The first kappa shape index (κ1) is 25.0. The van der Waals surface area contributed by atoms with Crippen LogP contribution in [0.2, 0.25) is 0 Å². The Labute approximate surface area is 174 Å². The topological polar surface area (TPSA) is 37.3 Å². The number of carboxylic acids is 1. The summed E-state index contributed by atoms with van der Waals surface area (Å²) in [6.07, 6.45) is 27.8. The van der Waals surface area contributed by atoms with Crippen LogP contribution in [-0.4, -0.2) is 11.1 Å². The van der Waals surface area contributed by atoms with Gasteiger partial charge < -0.3 is 5.11 Å². The van der Waals surface area contributed by atoms with Crippen LogP contribution in [0.4, 0.5) is 0 Å². The fraction of sp³-hybridized carbons (Fsp3) is 0.808. The van der Waals surface area contributed by atoms with Crippen molar-refractivity contribution in [3.05, 3.63) is 24.3 Å². The second kappa shape index (κ2) is 14.9. The molecule has 1 rings (SSSR count). The highest BCUT2D eigenvalue weighted by atomic mass is 16.4. The molecular weight excluding hydrogens is 344 g/mol. The number of aliphatic carboxylic acids is 1. The molecule has 1 aliphatic carbocycles. The van der Waals surface area contributed by atoms with Crippen molar-refractivity contribution in [2.75, 3.05) is 0 Å². The molecule has 1 aliphatic rings. The van der Waals surface area contributed by atoms with E-state index in [4.69, 9.17) is 0 Å². The van der Waals surface area contributed by atoms with Crippen molar-refractivity contribution in [2.45, 2.75) is 117 Å². The predicted octanol–water partition coefficient (Wildman–Crippen LogP) is 8.33. The summed E-state index contributed by atoms with van der Waals surface area (Å²) >= 11 is 0. The molecule has 162 valence electrons. The van der Waals surface area contributed by atoms with E-state index in [-0.39, 0.29) is 17.3 Å². The summed E-state index contributed by atoms with van der Waals surface area (Å²) in [7, 11) is 0. The summed E-state index contributed by atoms with van der Waals surface area (Å²) in [5.41, 5.74) is -0.253. The van der Waals surface area contributed by atoms with Crippen LogP contribution in [0.3, 0.4) is 0 Å². The molecule has 0 aliphatic heterocycles. The number of hydrogen-bond donors (Lipinski definition) is 1. The Morgan fingerprint density at radius 3 is 1.75 bits per heavy atom. The number of carbonyl (C=O) groups is 1. The second-order valence-corrected chi connectivity index (χ2v) is 9.17. The summed E-state index contributed by atoms with van der Waals surface area (Å²) < 4.78 is 0. The average Bonchev–Trinajstić information content (AvgIpc) is 2.67. The molecule has 0 spiro atoms. The zero-order chi connectivity index (χ0) is 20.7. The molecule has 0 radical (unpaired) electrons. The SMILES string of the molecule is CCCCCCCCCCCCCCCCC(C(=O)O)C1(C)C=CC=CC1C. The van der Waals surface area contributed by atoms with Gasteiger partial charge in [0.2, 0.25) is 0 Å². The van der Waals surface area contributed by atoms with Crippen molar-refractivity contribution in [1.82, 2.24) is 0 Å². The fourth-order valence-corrected chi connectivity index (χ4v) is 4.53. The standard InChI is InChI=1S/C26H46O2/c1-4-5-6-7-8-9-10-11-12-13-14-15-16-17-21-24(25(27)28)26(3)22-19-18-20-23(26)2/h18-20,22-24H,4-17,21H2,1-3H3,(H,27,28). The molecular formula is C26H46O2. The van der Waals surface area contributed by atoms with Crippen LogP contribution in [0, 0.1) is 17.3 Å². The van der Waals surface area contributed by atoms with Gasteiger partial charge in [0.1, 0.15) is 0 Å². The van der Waals surface area contributed by atoms with E-state index in [0.29, 0.717) is 0 Å². The number of hydrogen-bond acceptors (Lipinski definition) is 1. The molecule has 0 amide bonds. The van der Waals surface area contributed by atoms with Crippen molar-refractivity contribution in [3.63, 3.8) is 0 Å². The highest BCUT2D eigenvalue weighted by molar-refractivity contribution is 5.71. The van der Waals surface area contributed by atoms with Gasteiger partial charge >= 0.3 is 5.97 Å². The molecule has 3 atom stereocenters. The van der Waals surface area contributed by atoms with Crippen LogP contribution in [-0.2, 0) is 4.79 Å². The van der Waals surface area contributed by atoms with E-state index in [1.54, 1.807) is 0 Å². The summed E-state index contributed by atoms with van der Waals surface area (Å²) in [6.45, 7) is 6.53. The Morgan fingerprint density at radius 2 is 1.32 bits per heavy atom. The molecule has 0 aromatic rings. The van der Waals surface area contributed by atoms with E-state index in [0.717, 1.165) is 12.8 Å². The average molecular weight is 391 g/mol. The molecule has 0 aromatic heterocycles. The van der Waals surface area contributed by atoms with E-state index >= 15 is 0 Å². The Bertz CT molecular complexity index is 465. The minimum Gasteiger partial charge on any atom is -0.481 e. The first-order chi connectivity index (χ1) is 13.5. The van der Waals surface area contributed by atoms with Gasteiger partial charge in [-0.25, -0.2) is 0 Å². The van der Waals surface area contributed by atoms with Gasteiger partial charge in [0.05, 0.1) is 5.92 Å². The third-order valence-electron chi connectivity index (χ3n) is 6.84. The Hall–Kier alpha value is -1.05. The van der Waals surface area contributed by atoms with Gasteiger partial charge in [0.15, 0.2) is 0 Å². The zero-order valence-corrected chi connectivity index (χ0v) is 18.9. The van der Waals surface area contributed by atoms with Gasteiger partial charge in [-0.1, -0.05) is 135 Å². The molecule has 0 bridgehead atoms. The van der Waals surface area contributed by atoms with Crippen LogP contribution in [0.5, 0.6) is 0 Å². The number of allylic oxidation sites excluding steroid dienone is 4. The van der Waals surface area contributed by atoms with Crippen LogP contribution < -0.4 is 0 Å². The predicted molar refractivity (Wildman–Crippen MR) is 122 cm³/mol. The van der Waals surface area contributed by atoms with Gasteiger partial charge in [-0.2, -0.15) is 0 Å². The van der Waals surface area contributed by atoms with Crippen LogP contribution >= 0.6 is 0 Å². The van der Waals surface area contributed by atoms with Gasteiger partial charge in [0, 0.05) is 5.41 Å². The summed E-state index contributed by atoms with van der Waals surface area (Å²) in [6, 6.07) is 0. The minimum atomic E-state index is -0.635. The molecule has 0 saturated heterocycles. The van der Waals surface area contributed by atoms with Crippen LogP contribution in [0.25, 0.3) is 0 Å². The van der Waals surface area contributed by atoms with Crippen molar-refractivity contribution >= 4 is 5.97 Å². The van der Waals surface area contributed by atoms with E-state index in [1.165, 1.54) is 83.5 Å². The quantitative estimate of drug-likeness (QED) is 0.253. The zero-order valence-electron chi connectivity index (χ0n) is 18.9. The Kier molecular flexibility index (Phi) is 13.3. The maximum absolute atomic E-state index is 11.9. The van der Waals surface area contributed by atoms with Crippen molar-refractivity contribution in [2.24, 2.45) is 17.3 Å². The molecule has 0 saturated carbocycles. The van der Waals surface area contributed by atoms with Gasteiger partial charge in [-0.05, 0) is 12.3 Å². The van der Waals surface area contributed by atoms with E-state index < -0.39 is 5.97 Å². The molecule has 1 N–H and O–H groups in total.